The zero-order valence-electron chi connectivity index (χ0n) is 13.8. The minimum absolute atomic E-state index is 0.122. The predicted octanol–water partition coefficient (Wildman–Crippen LogP) is 2.24. The first-order chi connectivity index (χ1) is 11.1. The SMILES string of the molecule is Cc1nn(C)cc1C1CCCN1C(=O)c1cnc2n1CCCC2. The molecular formula is C17H23N5O. The van der Waals surface area contributed by atoms with Crippen molar-refractivity contribution in [3.63, 3.8) is 0 Å². The summed E-state index contributed by atoms with van der Waals surface area (Å²) in [5, 5.41) is 4.44. The predicted molar refractivity (Wildman–Crippen MR) is 86.1 cm³/mol. The second kappa shape index (κ2) is 5.51. The second-order valence-corrected chi connectivity index (χ2v) is 6.67. The van der Waals surface area contributed by atoms with E-state index < -0.39 is 0 Å². The summed E-state index contributed by atoms with van der Waals surface area (Å²) in [6, 6.07) is 0.144. The highest BCUT2D eigenvalue weighted by Crippen LogP contribution is 2.34. The summed E-state index contributed by atoms with van der Waals surface area (Å²) in [4.78, 5) is 19.6. The minimum atomic E-state index is 0.122. The number of carbonyl (C=O) groups is 1. The Bertz CT molecular complexity index is 744. The van der Waals surface area contributed by atoms with Crippen LogP contribution in [0, 0.1) is 6.92 Å². The van der Waals surface area contributed by atoms with E-state index in [9.17, 15) is 4.79 Å². The molecule has 0 N–H and O–H groups in total. The van der Waals surface area contributed by atoms with Crippen molar-refractivity contribution in [2.45, 2.75) is 51.6 Å². The molecule has 0 saturated carbocycles. The highest BCUT2D eigenvalue weighted by atomic mass is 16.2. The van der Waals surface area contributed by atoms with Gasteiger partial charge in [0, 0.05) is 38.3 Å². The average Bonchev–Trinajstić information content (AvgIpc) is 3.24. The van der Waals surface area contributed by atoms with Crippen molar-refractivity contribution >= 4 is 5.91 Å². The summed E-state index contributed by atoms with van der Waals surface area (Å²) >= 11 is 0. The molecule has 1 unspecified atom stereocenters. The maximum Gasteiger partial charge on any atom is 0.272 e. The number of aromatic nitrogens is 4. The molecule has 6 nitrogen and oxygen atoms in total. The van der Waals surface area contributed by atoms with Gasteiger partial charge in [0.25, 0.3) is 5.91 Å². The van der Waals surface area contributed by atoms with Gasteiger partial charge in [-0.1, -0.05) is 0 Å². The smallest absolute Gasteiger partial charge is 0.272 e. The lowest BCUT2D eigenvalue weighted by Gasteiger charge is -2.25. The molecule has 1 atom stereocenters. The number of amides is 1. The Morgan fingerprint density at radius 3 is 2.91 bits per heavy atom. The van der Waals surface area contributed by atoms with Gasteiger partial charge in [0.2, 0.25) is 0 Å². The van der Waals surface area contributed by atoms with Crippen molar-refractivity contribution in [3.05, 3.63) is 35.2 Å². The summed E-state index contributed by atoms with van der Waals surface area (Å²) < 4.78 is 3.96. The monoisotopic (exact) mass is 313 g/mol. The molecule has 0 aliphatic carbocycles. The first-order valence-electron chi connectivity index (χ1n) is 8.50. The van der Waals surface area contributed by atoms with Gasteiger partial charge in [-0.25, -0.2) is 4.98 Å². The fraction of sp³-hybridized carbons (Fsp3) is 0.588. The number of hydrogen-bond acceptors (Lipinski definition) is 3. The molecule has 0 spiro atoms. The van der Waals surface area contributed by atoms with Crippen molar-refractivity contribution in [2.24, 2.45) is 7.05 Å². The number of nitrogens with zero attached hydrogens (tertiary/aromatic N) is 5. The van der Waals surface area contributed by atoms with Crippen LogP contribution in [0.3, 0.4) is 0 Å². The van der Waals surface area contributed by atoms with E-state index in [-0.39, 0.29) is 11.9 Å². The van der Waals surface area contributed by atoms with E-state index in [1.165, 1.54) is 12.0 Å². The Hall–Kier alpha value is -2.11. The van der Waals surface area contributed by atoms with Crippen LogP contribution >= 0.6 is 0 Å². The second-order valence-electron chi connectivity index (χ2n) is 6.67. The van der Waals surface area contributed by atoms with Gasteiger partial charge in [-0.05, 0) is 32.6 Å². The van der Waals surface area contributed by atoms with E-state index >= 15 is 0 Å². The number of likely N-dealkylation sites (tertiary alicyclic amines) is 1. The number of aryl methyl sites for hydroxylation is 3. The molecule has 23 heavy (non-hydrogen) atoms. The maximum absolute atomic E-state index is 13.1. The summed E-state index contributed by atoms with van der Waals surface area (Å²) in [7, 11) is 1.94. The summed E-state index contributed by atoms with van der Waals surface area (Å²) in [5.74, 6) is 1.18. The Morgan fingerprint density at radius 1 is 1.26 bits per heavy atom. The third-order valence-corrected chi connectivity index (χ3v) is 5.11. The first kappa shape index (κ1) is 14.5. The molecule has 6 heteroatoms. The van der Waals surface area contributed by atoms with E-state index in [0.717, 1.165) is 56.0 Å². The maximum atomic E-state index is 13.1. The Labute approximate surface area is 136 Å². The number of rotatable bonds is 2. The van der Waals surface area contributed by atoms with Crippen molar-refractivity contribution in [2.75, 3.05) is 6.54 Å². The summed E-state index contributed by atoms with van der Waals surface area (Å²) in [6.45, 7) is 3.76. The highest BCUT2D eigenvalue weighted by Gasteiger charge is 2.34. The van der Waals surface area contributed by atoms with Crippen LogP contribution in [0.2, 0.25) is 0 Å². The van der Waals surface area contributed by atoms with Crippen LogP contribution < -0.4 is 0 Å². The number of carbonyl (C=O) groups excluding carboxylic acids is 1. The van der Waals surface area contributed by atoms with Gasteiger partial charge in [0.05, 0.1) is 17.9 Å². The van der Waals surface area contributed by atoms with E-state index in [4.69, 9.17) is 0 Å². The van der Waals surface area contributed by atoms with E-state index in [1.807, 2.05) is 23.6 Å². The van der Waals surface area contributed by atoms with Crippen LogP contribution in [0.15, 0.2) is 12.4 Å². The van der Waals surface area contributed by atoms with Gasteiger partial charge in [0.1, 0.15) is 11.5 Å². The molecule has 2 aliphatic heterocycles. The number of fused-ring (bicyclic) bond motifs is 1. The largest absolute Gasteiger partial charge is 0.330 e. The molecule has 2 aliphatic rings. The van der Waals surface area contributed by atoms with Crippen molar-refractivity contribution in [1.82, 2.24) is 24.2 Å². The molecule has 1 fully saturated rings. The van der Waals surface area contributed by atoms with Crippen LogP contribution in [0.25, 0.3) is 0 Å². The lowest BCUT2D eigenvalue weighted by Crippen LogP contribution is -2.33. The van der Waals surface area contributed by atoms with Gasteiger partial charge in [-0.2, -0.15) is 5.10 Å². The zero-order valence-corrected chi connectivity index (χ0v) is 13.8. The molecule has 2 aromatic heterocycles. The lowest BCUT2D eigenvalue weighted by atomic mass is 10.1. The fourth-order valence-corrected chi connectivity index (χ4v) is 4.01. The fourth-order valence-electron chi connectivity index (χ4n) is 4.01. The normalized spacial score (nSPS) is 20.8. The third kappa shape index (κ3) is 2.36. The molecule has 0 bridgehead atoms. The molecule has 2 aromatic rings. The van der Waals surface area contributed by atoms with Crippen LogP contribution in [-0.4, -0.2) is 36.7 Å². The van der Waals surface area contributed by atoms with Gasteiger partial charge in [-0.15, -0.1) is 0 Å². The third-order valence-electron chi connectivity index (χ3n) is 5.11. The standard InChI is InChI=1S/C17H23N5O/c1-12-13(11-20(2)19-12)14-6-5-9-22(14)17(23)15-10-18-16-7-3-4-8-21(15)16/h10-11,14H,3-9H2,1-2H3. The van der Waals surface area contributed by atoms with Gasteiger partial charge in [-0.3, -0.25) is 9.48 Å². The number of imidazole rings is 1. The topological polar surface area (TPSA) is 56.0 Å². The average molecular weight is 313 g/mol. The molecular weight excluding hydrogens is 290 g/mol. The quantitative estimate of drug-likeness (QED) is 0.854. The van der Waals surface area contributed by atoms with Gasteiger partial charge >= 0.3 is 0 Å². The van der Waals surface area contributed by atoms with Crippen LogP contribution in [-0.2, 0) is 20.0 Å². The Kier molecular flexibility index (Phi) is 3.47. The van der Waals surface area contributed by atoms with E-state index in [1.54, 1.807) is 6.20 Å². The van der Waals surface area contributed by atoms with Gasteiger partial charge < -0.3 is 9.47 Å². The molecule has 122 valence electrons. The molecule has 1 amide bonds. The van der Waals surface area contributed by atoms with Crippen molar-refractivity contribution < 1.29 is 4.79 Å². The summed E-state index contributed by atoms with van der Waals surface area (Å²) in [6.07, 6.45) is 9.18. The minimum Gasteiger partial charge on any atom is -0.330 e. The van der Waals surface area contributed by atoms with Gasteiger partial charge in [0.15, 0.2) is 0 Å². The lowest BCUT2D eigenvalue weighted by molar-refractivity contribution is 0.0723. The zero-order chi connectivity index (χ0) is 16.0. The van der Waals surface area contributed by atoms with Crippen molar-refractivity contribution in [3.8, 4) is 0 Å². The van der Waals surface area contributed by atoms with Crippen LogP contribution in [0.1, 0.15) is 59.3 Å². The number of hydrogen-bond donors (Lipinski definition) is 0. The Morgan fingerprint density at radius 2 is 2.13 bits per heavy atom. The van der Waals surface area contributed by atoms with E-state index in [0.29, 0.717) is 0 Å². The Balaban J connectivity index is 1.65. The van der Waals surface area contributed by atoms with Crippen LogP contribution in [0.5, 0.6) is 0 Å². The van der Waals surface area contributed by atoms with Crippen molar-refractivity contribution in [1.29, 1.82) is 0 Å². The molecule has 1 saturated heterocycles. The van der Waals surface area contributed by atoms with E-state index in [2.05, 4.69) is 20.8 Å². The summed E-state index contributed by atoms with van der Waals surface area (Å²) in [5.41, 5.74) is 2.96. The molecule has 0 radical (unpaired) electrons. The molecule has 0 aromatic carbocycles. The highest BCUT2D eigenvalue weighted by molar-refractivity contribution is 5.93. The first-order valence-corrected chi connectivity index (χ1v) is 8.50. The van der Waals surface area contributed by atoms with Crippen LogP contribution in [0.4, 0.5) is 0 Å². The molecule has 4 rings (SSSR count). The molecule has 4 heterocycles.